The molecule has 1 unspecified atom stereocenters. The molecule has 0 saturated heterocycles. The lowest BCUT2D eigenvalue weighted by Gasteiger charge is -2.28. The molecule has 1 fully saturated rings. The van der Waals surface area contributed by atoms with E-state index in [1.54, 1.807) is 11.3 Å². The van der Waals surface area contributed by atoms with Crippen LogP contribution in [0.1, 0.15) is 50.4 Å². The number of aryl methyl sites for hydroxylation is 1. The third kappa shape index (κ3) is 2.70. The van der Waals surface area contributed by atoms with Crippen molar-refractivity contribution in [2.75, 3.05) is 0 Å². The van der Waals surface area contributed by atoms with Gasteiger partial charge in [0.15, 0.2) is 4.96 Å². The van der Waals surface area contributed by atoms with Crippen LogP contribution >= 0.6 is 11.3 Å². The minimum Gasteiger partial charge on any atom is -0.308 e. The molecule has 0 spiro atoms. The van der Waals surface area contributed by atoms with Crippen molar-refractivity contribution in [1.29, 1.82) is 0 Å². The maximum Gasteiger partial charge on any atom is 0.194 e. The number of hydrogen-bond acceptors (Lipinski definition) is 3. The summed E-state index contributed by atoms with van der Waals surface area (Å²) in [5.74, 6) is 0.861. The highest BCUT2D eigenvalue weighted by atomic mass is 32.1. The molecule has 0 aliphatic heterocycles. The van der Waals surface area contributed by atoms with E-state index in [0.29, 0.717) is 6.04 Å². The molecule has 1 N–H and O–H groups in total. The largest absolute Gasteiger partial charge is 0.308 e. The number of nitrogens with one attached hydrogen (secondary N) is 1. The standard InChI is InChI=1S/C15H23N3S/c1-11(13-6-4-3-5-7-13)16-10-14-12(2)17-15-18(14)8-9-19-15/h8-9,11,13,16H,3-7,10H2,1-2H3. The van der Waals surface area contributed by atoms with E-state index >= 15 is 0 Å². The van der Waals surface area contributed by atoms with Crippen LogP contribution in [0.5, 0.6) is 0 Å². The van der Waals surface area contributed by atoms with Crippen molar-refractivity contribution in [3.63, 3.8) is 0 Å². The van der Waals surface area contributed by atoms with Gasteiger partial charge in [-0.1, -0.05) is 19.3 Å². The van der Waals surface area contributed by atoms with Crippen molar-refractivity contribution in [2.45, 2.75) is 58.5 Å². The van der Waals surface area contributed by atoms with Gasteiger partial charge in [-0.2, -0.15) is 0 Å². The molecule has 2 aromatic rings. The summed E-state index contributed by atoms with van der Waals surface area (Å²) in [5.41, 5.74) is 2.48. The zero-order chi connectivity index (χ0) is 13.2. The van der Waals surface area contributed by atoms with Gasteiger partial charge in [-0.25, -0.2) is 4.98 Å². The van der Waals surface area contributed by atoms with E-state index in [0.717, 1.165) is 23.1 Å². The van der Waals surface area contributed by atoms with E-state index in [9.17, 15) is 0 Å². The minimum atomic E-state index is 0.615. The average molecular weight is 277 g/mol. The van der Waals surface area contributed by atoms with Crippen molar-refractivity contribution in [1.82, 2.24) is 14.7 Å². The summed E-state index contributed by atoms with van der Waals surface area (Å²) < 4.78 is 2.22. The number of aromatic nitrogens is 2. The first-order valence-electron chi connectivity index (χ1n) is 7.40. The van der Waals surface area contributed by atoms with Gasteiger partial charge in [0.05, 0.1) is 11.4 Å². The zero-order valence-corrected chi connectivity index (χ0v) is 12.7. The minimum absolute atomic E-state index is 0.615. The lowest BCUT2D eigenvalue weighted by Crippen LogP contribution is -2.34. The summed E-state index contributed by atoms with van der Waals surface area (Å²) in [6.45, 7) is 5.39. The highest BCUT2D eigenvalue weighted by molar-refractivity contribution is 7.15. The Labute approximate surface area is 119 Å². The average Bonchev–Trinajstić information content (AvgIpc) is 2.98. The van der Waals surface area contributed by atoms with E-state index in [-0.39, 0.29) is 0 Å². The molecule has 0 radical (unpaired) electrons. The number of nitrogens with zero attached hydrogens (tertiary/aromatic N) is 2. The van der Waals surface area contributed by atoms with Crippen LogP contribution in [0.4, 0.5) is 0 Å². The van der Waals surface area contributed by atoms with Gasteiger partial charge in [0.25, 0.3) is 0 Å². The Morgan fingerprint density at radius 1 is 1.42 bits per heavy atom. The maximum atomic E-state index is 4.61. The molecule has 2 heterocycles. The summed E-state index contributed by atoms with van der Waals surface area (Å²) in [6, 6.07) is 0.615. The van der Waals surface area contributed by atoms with Crippen LogP contribution in [0.15, 0.2) is 11.6 Å². The molecule has 1 aliphatic carbocycles. The highest BCUT2D eigenvalue weighted by Crippen LogP contribution is 2.26. The van der Waals surface area contributed by atoms with Crippen molar-refractivity contribution in [3.8, 4) is 0 Å². The van der Waals surface area contributed by atoms with Crippen LogP contribution in [0.3, 0.4) is 0 Å². The summed E-state index contributed by atoms with van der Waals surface area (Å²) >= 11 is 1.71. The van der Waals surface area contributed by atoms with Gasteiger partial charge in [-0.15, -0.1) is 11.3 Å². The normalized spacial score (nSPS) is 19.1. The smallest absolute Gasteiger partial charge is 0.194 e. The Hall–Kier alpha value is -0.870. The second kappa shape index (κ2) is 5.63. The second-order valence-corrected chi connectivity index (χ2v) is 6.64. The van der Waals surface area contributed by atoms with Gasteiger partial charge >= 0.3 is 0 Å². The number of thiazole rings is 1. The molecular weight excluding hydrogens is 254 g/mol. The lowest BCUT2D eigenvalue weighted by atomic mass is 9.84. The SMILES string of the molecule is Cc1nc2sccn2c1CNC(C)C1CCCCC1. The zero-order valence-electron chi connectivity index (χ0n) is 11.9. The van der Waals surface area contributed by atoms with Crippen molar-refractivity contribution < 1.29 is 0 Å². The molecule has 4 heteroatoms. The monoisotopic (exact) mass is 277 g/mol. The molecule has 3 nitrogen and oxygen atoms in total. The predicted molar refractivity (Wildman–Crippen MR) is 80.7 cm³/mol. The predicted octanol–water partition coefficient (Wildman–Crippen LogP) is 3.76. The molecule has 0 amide bonds. The number of fused-ring (bicyclic) bond motifs is 1. The third-order valence-electron chi connectivity index (χ3n) is 4.51. The Balaban J connectivity index is 1.65. The van der Waals surface area contributed by atoms with Gasteiger partial charge in [0.1, 0.15) is 0 Å². The summed E-state index contributed by atoms with van der Waals surface area (Å²) in [6.07, 6.45) is 9.18. The molecule has 1 aliphatic rings. The topological polar surface area (TPSA) is 29.3 Å². The first-order valence-corrected chi connectivity index (χ1v) is 8.28. The van der Waals surface area contributed by atoms with Gasteiger partial charge < -0.3 is 5.32 Å². The molecule has 3 rings (SSSR count). The maximum absolute atomic E-state index is 4.61. The van der Waals surface area contributed by atoms with E-state index < -0.39 is 0 Å². The van der Waals surface area contributed by atoms with Gasteiger partial charge in [-0.3, -0.25) is 4.40 Å². The first-order chi connectivity index (χ1) is 9.25. The Kier molecular flexibility index (Phi) is 3.89. The molecule has 1 saturated carbocycles. The Morgan fingerprint density at radius 3 is 3.00 bits per heavy atom. The Bertz CT molecular complexity index is 537. The summed E-state index contributed by atoms with van der Waals surface area (Å²) in [4.78, 5) is 5.72. The molecule has 0 bridgehead atoms. The molecule has 0 aromatic carbocycles. The van der Waals surface area contributed by atoms with Gasteiger partial charge in [0, 0.05) is 24.2 Å². The van der Waals surface area contributed by atoms with Crippen LogP contribution < -0.4 is 5.32 Å². The van der Waals surface area contributed by atoms with Crippen LogP contribution in [0, 0.1) is 12.8 Å². The van der Waals surface area contributed by atoms with Crippen molar-refractivity contribution >= 4 is 16.3 Å². The van der Waals surface area contributed by atoms with Crippen LogP contribution in [-0.4, -0.2) is 15.4 Å². The molecule has 2 aromatic heterocycles. The number of rotatable bonds is 4. The molecule has 1 atom stereocenters. The lowest BCUT2D eigenvalue weighted by molar-refractivity contribution is 0.280. The van der Waals surface area contributed by atoms with E-state index in [1.165, 1.54) is 37.8 Å². The number of imidazole rings is 1. The van der Waals surface area contributed by atoms with Crippen LogP contribution in [0.2, 0.25) is 0 Å². The molecule has 19 heavy (non-hydrogen) atoms. The molecular formula is C15H23N3S. The quantitative estimate of drug-likeness (QED) is 0.922. The summed E-state index contributed by atoms with van der Waals surface area (Å²) in [7, 11) is 0. The third-order valence-corrected chi connectivity index (χ3v) is 5.27. The van der Waals surface area contributed by atoms with E-state index in [2.05, 4.69) is 40.1 Å². The van der Waals surface area contributed by atoms with Crippen molar-refractivity contribution in [3.05, 3.63) is 23.0 Å². The second-order valence-electron chi connectivity index (χ2n) is 5.77. The Morgan fingerprint density at radius 2 is 2.21 bits per heavy atom. The number of hydrogen-bond donors (Lipinski definition) is 1. The fourth-order valence-corrected chi connectivity index (χ4v) is 3.99. The van der Waals surface area contributed by atoms with Gasteiger partial charge in [-0.05, 0) is 32.6 Å². The fraction of sp³-hybridized carbons (Fsp3) is 0.667. The van der Waals surface area contributed by atoms with Crippen molar-refractivity contribution in [2.24, 2.45) is 5.92 Å². The van der Waals surface area contributed by atoms with Crippen LogP contribution in [0.25, 0.3) is 4.96 Å². The van der Waals surface area contributed by atoms with E-state index in [1.807, 2.05) is 0 Å². The molecule has 104 valence electrons. The summed E-state index contributed by atoms with van der Waals surface area (Å²) in [5, 5.41) is 5.83. The first kappa shape index (κ1) is 13.1. The van der Waals surface area contributed by atoms with Gasteiger partial charge in [0.2, 0.25) is 0 Å². The van der Waals surface area contributed by atoms with Crippen LogP contribution in [-0.2, 0) is 6.54 Å². The highest BCUT2D eigenvalue weighted by Gasteiger charge is 2.20. The van der Waals surface area contributed by atoms with E-state index in [4.69, 9.17) is 0 Å². The fourth-order valence-electron chi connectivity index (χ4n) is 3.21.